The van der Waals surface area contributed by atoms with E-state index >= 15 is 0 Å². The molecule has 0 unspecified atom stereocenters. The Morgan fingerprint density at radius 3 is 2.22 bits per heavy atom. The maximum atomic E-state index is 13.2. The van der Waals surface area contributed by atoms with Gasteiger partial charge >= 0.3 is 5.69 Å². The number of aromatic nitrogens is 4. The normalized spacial score (nSPS) is 14.9. The summed E-state index contributed by atoms with van der Waals surface area (Å²) in [5.41, 5.74) is 0.992. The molecule has 11 nitrogen and oxygen atoms in total. The summed E-state index contributed by atoms with van der Waals surface area (Å²) in [5.74, 6) is 1.14. The maximum absolute atomic E-state index is 13.2. The predicted molar refractivity (Wildman–Crippen MR) is 136 cm³/mol. The number of H-pyrrole nitrogens is 2. The highest BCUT2D eigenvalue weighted by atomic mass is 32.2. The molecule has 188 valence electrons. The number of nitrogens with zero attached hydrogens (tertiary/aromatic N) is 4. The van der Waals surface area contributed by atoms with E-state index in [1.807, 2.05) is 24.3 Å². The summed E-state index contributed by atoms with van der Waals surface area (Å²) in [6, 6.07) is 14.0. The highest BCUT2D eigenvalue weighted by molar-refractivity contribution is 7.89. The number of nitrogens with one attached hydrogen (secondary N) is 2. The molecule has 4 aromatic rings. The number of piperazine rings is 1. The van der Waals surface area contributed by atoms with Gasteiger partial charge < -0.3 is 14.6 Å². The van der Waals surface area contributed by atoms with Crippen molar-refractivity contribution in [1.82, 2.24) is 23.8 Å². The first-order valence-electron chi connectivity index (χ1n) is 11.5. The zero-order valence-electron chi connectivity index (χ0n) is 19.9. The summed E-state index contributed by atoms with van der Waals surface area (Å²) in [6.45, 7) is 3.84. The smallest absolute Gasteiger partial charge is 0.330 e. The van der Waals surface area contributed by atoms with Gasteiger partial charge in [0.15, 0.2) is 5.65 Å². The van der Waals surface area contributed by atoms with Crippen molar-refractivity contribution in [3.8, 4) is 17.1 Å². The number of hydrogen-bond acceptors (Lipinski definition) is 7. The highest BCUT2D eigenvalue weighted by Crippen LogP contribution is 2.25. The molecule has 0 bridgehead atoms. The molecule has 3 heterocycles. The van der Waals surface area contributed by atoms with Crippen LogP contribution in [0.2, 0.25) is 0 Å². The van der Waals surface area contributed by atoms with Gasteiger partial charge in [-0.3, -0.25) is 14.3 Å². The lowest BCUT2D eigenvalue weighted by atomic mass is 10.2. The van der Waals surface area contributed by atoms with Crippen LogP contribution in [0, 0.1) is 0 Å². The van der Waals surface area contributed by atoms with Crippen LogP contribution in [0.3, 0.4) is 0 Å². The number of hydrogen-bond donors (Lipinski definition) is 2. The molecule has 36 heavy (non-hydrogen) atoms. The summed E-state index contributed by atoms with van der Waals surface area (Å²) in [7, 11) is -2.05. The number of benzene rings is 2. The molecule has 0 aliphatic carbocycles. The largest absolute Gasteiger partial charge is 0.497 e. The molecule has 5 rings (SSSR count). The average molecular weight is 511 g/mol. The van der Waals surface area contributed by atoms with Gasteiger partial charge in [0.1, 0.15) is 17.1 Å². The van der Waals surface area contributed by atoms with Gasteiger partial charge in [-0.1, -0.05) is 0 Å². The SMILES string of the molecule is CCn1c(=O)[nH]c2nc(-c3ccc(S(=O)(=O)N4CCN(c5ccc(OC)cc5)CC4)cc3)[nH]c2c1=O. The first-order chi connectivity index (χ1) is 17.3. The quantitative estimate of drug-likeness (QED) is 0.403. The third-order valence-electron chi connectivity index (χ3n) is 6.39. The van der Waals surface area contributed by atoms with Crippen LogP contribution in [-0.4, -0.2) is 65.5 Å². The van der Waals surface area contributed by atoms with E-state index < -0.39 is 21.3 Å². The molecule has 2 N–H and O–H groups in total. The van der Waals surface area contributed by atoms with E-state index in [1.165, 1.54) is 16.4 Å². The Kier molecular flexibility index (Phi) is 6.14. The maximum Gasteiger partial charge on any atom is 0.330 e. The molecular weight excluding hydrogens is 484 g/mol. The van der Waals surface area contributed by atoms with Crippen LogP contribution in [0.1, 0.15) is 6.92 Å². The van der Waals surface area contributed by atoms with Gasteiger partial charge in [-0.2, -0.15) is 4.31 Å². The Morgan fingerprint density at radius 1 is 0.944 bits per heavy atom. The second kappa shape index (κ2) is 9.28. The highest BCUT2D eigenvalue weighted by Gasteiger charge is 2.28. The zero-order valence-corrected chi connectivity index (χ0v) is 20.7. The van der Waals surface area contributed by atoms with Crippen molar-refractivity contribution < 1.29 is 13.2 Å². The van der Waals surface area contributed by atoms with Gasteiger partial charge in [-0.05, 0) is 55.5 Å². The van der Waals surface area contributed by atoms with Crippen molar-refractivity contribution >= 4 is 26.9 Å². The Morgan fingerprint density at radius 2 is 1.61 bits per heavy atom. The molecule has 1 saturated heterocycles. The van der Waals surface area contributed by atoms with Crippen LogP contribution < -0.4 is 20.9 Å². The van der Waals surface area contributed by atoms with Crippen molar-refractivity contribution in [3.05, 3.63) is 69.4 Å². The van der Waals surface area contributed by atoms with Crippen molar-refractivity contribution in [1.29, 1.82) is 0 Å². The van der Waals surface area contributed by atoms with Crippen molar-refractivity contribution in [2.75, 3.05) is 38.2 Å². The fourth-order valence-electron chi connectivity index (χ4n) is 4.35. The number of anilines is 1. The number of ether oxygens (including phenoxy) is 1. The molecule has 0 amide bonds. The third kappa shape index (κ3) is 4.18. The van der Waals surface area contributed by atoms with Gasteiger partial charge in [-0.25, -0.2) is 18.2 Å². The van der Waals surface area contributed by atoms with E-state index in [4.69, 9.17) is 4.74 Å². The Bertz CT molecular complexity index is 1610. The lowest BCUT2D eigenvalue weighted by molar-refractivity contribution is 0.384. The average Bonchev–Trinajstić information content (AvgIpc) is 3.33. The first-order valence-corrected chi connectivity index (χ1v) is 13.0. The van der Waals surface area contributed by atoms with E-state index in [1.54, 1.807) is 26.2 Å². The minimum absolute atomic E-state index is 0.163. The number of aromatic amines is 2. The molecule has 0 spiro atoms. The topological polar surface area (TPSA) is 133 Å². The molecular formula is C24H26N6O5S. The van der Waals surface area contributed by atoms with Crippen LogP contribution in [0.15, 0.2) is 63.0 Å². The molecule has 2 aromatic carbocycles. The number of sulfonamides is 1. The van der Waals surface area contributed by atoms with Crippen LogP contribution >= 0.6 is 0 Å². The number of fused-ring (bicyclic) bond motifs is 1. The Labute approximate surface area is 207 Å². The van der Waals surface area contributed by atoms with Crippen LogP contribution in [-0.2, 0) is 16.6 Å². The molecule has 0 atom stereocenters. The van der Waals surface area contributed by atoms with Gasteiger partial charge in [-0.15, -0.1) is 0 Å². The lowest BCUT2D eigenvalue weighted by Gasteiger charge is -2.35. The number of imidazole rings is 1. The molecule has 2 aromatic heterocycles. The van der Waals surface area contributed by atoms with E-state index in [-0.39, 0.29) is 22.6 Å². The molecule has 0 radical (unpaired) electrons. The van der Waals surface area contributed by atoms with Crippen LogP contribution in [0.25, 0.3) is 22.6 Å². The van der Waals surface area contributed by atoms with Crippen LogP contribution in [0.4, 0.5) is 5.69 Å². The number of rotatable bonds is 6. The predicted octanol–water partition coefficient (Wildman–Crippen LogP) is 1.62. The van der Waals surface area contributed by atoms with E-state index in [0.717, 1.165) is 16.0 Å². The summed E-state index contributed by atoms with van der Waals surface area (Å²) in [4.78, 5) is 36.7. The second-order valence-electron chi connectivity index (χ2n) is 8.40. The summed E-state index contributed by atoms with van der Waals surface area (Å²) >= 11 is 0. The monoisotopic (exact) mass is 510 g/mol. The second-order valence-corrected chi connectivity index (χ2v) is 10.3. The van der Waals surface area contributed by atoms with E-state index in [9.17, 15) is 18.0 Å². The van der Waals surface area contributed by atoms with Crippen molar-refractivity contribution in [3.63, 3.8) is 0 Å². The van der Waals surface area contributed by atoms with Crippen LogP contribution in [0.5, 0.6) is 5.75 Å². The van der Waals surface area contributed by atoms with E-state index in [2.05, 4.69) is 19.9 Å². The first kappa shape index (κ1) is 23.8. The summed E-state index contributed by atoms with van der Waals surface area (Å²) < 4.78 is 34.2. The van der Waals surface area contributed by atoms with Gasteiger partial charge in [0.25, 0.3) is 5.56 Å². The zero-order chi connectivity index (χ0) is 25.4. The Hall–Kier alpha value is -3.90. The van der Waals surface area contributed by atoms with Crippen molar-refractivity contribution in [2.24, 2.45) is 0 Å². The fraction of sp³-hybridized carbons (Fsp3) is 0.292. The fourth-order valence-corrected chi connectivity index (χ4v) is 5.77. The van der Waals surface area contributed by atoms with Gasteiger partial charge in [0.2, 0.25) is 10.0 Å². The van der Waals surface area contributed by atoms with Gasteiger partial charge in [0.05, 0.1) is 12.0 Å². The summed E-state index contributed by atoms with van der Waals surface area (Å²) in [5, 5.41) is 0. The van der Waals surface area contributed by atoms with Gasteiger partial charge in [0, 0.05) is 44.0 Å². The summed E-state index contributed by atoms with van der Waals surface area (Å²) in [6.07, 6.45) is 0. The van der Waals surface area contributed by atoms with E-state index in [0.29, 0.717) is 37.6 Å². The minimum atomic E-state index is -3.67. The standard InChI is InChI=1S/C24H26N6O5S/c1-3-30-23(31)20-22(27-24(30)32)26-21(25-20)16-4-10-19(11-5-16)36(33,34)29-14-12-28(13-15-29)17-6-8-18(35-2)9-7-17/h4-11H,3,12-15H2,1-2H3,(H,25,26)(H,27,32). The molecule has 12 heteroatoms. The van der Waals surface area contributed by atoms with Crippen molar-refractivity contribution in [2.45, 2.75) is 18.4 Å². The minimum Gasteiger partial charge on any atom is -0.497 e. The molecule has 1 aliphatic heterocycles. The molecule has 0 saturated carbocycles. The molecule has 1 aliphatic rings. The molecule has 1 fully saturated rings. The third-order valence-corrected chi connectivity index (χ3v) is 8.30. The Balaban J connectivity index is 1.33. The number of methoxy groups -OCH3 is 1. The lowest BCUT2D eigenvalue weighted by Crippen LogP contribution is -2.48.